The van der Waals surface area contributed by atoms with Gasteiger partial charge in [-0.15, -0.1) is 0 Å². The average molecular weight is 540 g/mol. The predicted molar refractivity (Wildman–Crippen MR) is 136 cm³/mol. The highest BCUT2D eigenvalue weighted by molar-refractivity contribution is 7.92. The largest absolute Gasteiger partial charge is 0.465 e. The Kier molecular flexibility index (Phi) is 7.74. The molecule has 0 radical (unpaired) electrons. The Balaban J connectivity index is 2.10. The fourth-order valence-corrected chi connectivity index (χ4v) is 4.10. The van der Waals surface area contributed by atoms with Gasteiger partial charge in [0.2, 0.25) is 16.0 Å². The van der Waals surface area contributed by atoms with Crippen LogP contribution in [-0.4, -0.2) is 58.4 Å². The molecule has 0 spiro atoms. The first-order chi connectivity index (χ1) is 16.6. The Hall–Kier alpha value is -3.45. The fourth-order valence-electron chi connectivity index (χ4n) is 3.23. The van der Waals surface area contributed by atoms with Crippen LogP contribution in [0.4, 0.5) is 20.8 Å². The summed E-state index contributed by atoms with van der Waals surface area (Å²) in [6.45, 7) is 7.73. The molecule has 0 saturated carbocycles. The van der Waals surface area contributed by atoms with Crippen LogP contribution < -0.4 is 15.4 Å². The van der Waals surface area contributed by atoms with Gasteiger partial charge < -0.3 is 20.7 Å². The lowest BCUT2D eigenvalue weighted by atomic mass is 9.96. The number of amides is 1. The number of halogens is 2. The molecule has 14 heteroatoms. The van der Waals surface area contributed by atoms with E-state index in [1.807, 2.05) is 20.8 Å². The third kappa shape index (κ3) is 6.82. The molecule has 1 atom stereocenters. The number of carbonyl (C=O) groups is 1. The Morgan fingerprint density at radius 3 is 2.58 bits per heavy atom. The van der Waals surface area contributed by atoms with Crippen LogP contribution in [0, 0.1) is 5.82 Å². The summed E-state index contributed by atoms with van der Waals surface area (Å²) in [5.41, 5.74) is 0.711. The van der Waals surface area contributed by atoms with Crippen molar-refractivity contribution in [1.82, 2.24) is 25.3 Å². The normalized spacial score (nSPS) is 12.8. The fraction of sp³-hybridized carbons (Fsp3) is 0.364. The third-order valence-electron chi connectivity index (χ3n) is 4.85. The molecule has 1 aromatic carbocycles. The molecule has 0 fully saturated rings. The zero-order valence-corrected chi connectivity index (χ0v) is 21.8. The quantitative estimate of drug-likeness (QED) is 0.286. The lowest BCUT2D eigenvalue weighted by Gasteiger charge is -2.14. The predicted octanol–water partition coefficient (Wildman–Crippen LogP) is 4.06. The van der Waals surface area contributed by atoms with E-state index >= 15 is 0 Å². The van der Waals surface area contributed by atoms with Gasteiger partial charge in [-0.05, 0) is 25.1 Å². The van der Waals surface area contributed by atoms with Gasteiger partial charge in [-0.1, -0.05) is 32.4 Å². The lowest BCUT2D eigenvalue weighted by molar-refractivity contribution is 0.191. The summed E-state index contributed by atoms with van der Waals surface area (Å²) in [5.74, 6) is 0.0868. The molecule has 1 amide bonds. The number of anilines is 2. The van der Waals surface area contributed by atoms with Gasteiger partial charge in [-0.25, -0.2) is 32.6 Å². The number of imidazole rings is 1. The SMILES string of the molecule is CC(CNc1nccc(-c2[nH]c(C(C)(C)C)nc2-c2cc(F)cc(NS(C)(=O)=O)c2Cl)n1)NC(=O)O. The minimum atomic E-state index is -3.72. The third-order valence-corrected chi connectivity index (χ3v) is 5.85. The van der Waals surface area contributed by atoms with Crippen molar-refractivity contribution >= 4 is 39.4 Å². The van der Waals surface area contributed by atoms with E-state index in [1.165, 1.54) is 12.3 Å². The second-order valence-electron chi connectivity index (χ2n) is 9.25. The maximum Gasteiger partial charge on any atom is 0.404 e. The van der Waals surface area contributed by atoms with Crippen LogP contribution in [0.2, 0.25) is 5.02 Å². The topological polar surface area (TPSA) is 162 Å². The summed E-state index contributed by atoms with van der Waals surface area (Å²) in [7, 11) is -3.72. The van der Waals surface area contributed by atoms with E-state index in [1.54, 1.807) is 13.0 Å². The number of hydrogen-bond donors (Lipinski definition) is 5. The summed E-state index contributed by atoms with van der Waals surface area (Å²) in [4.78, 5) is 27.4. The second kappa shape index (κ2) is 10.3. The van der Waals surface area contributed by atoms with E-state index in [4.69, 9.17) is 16.7 Å². The number of benzene rings is 1. The Bertz CT molecular complexity index is 1390. The summed E-state index contributed by atoms with van der Waals surface area (Å²) >= 11 is 6.51. The van der Waals surface area contributed by atoms with E-state index in [0.717, 1.165) is 12.3 Å². The van der Waals surface area contributed by atoms with Crippen molar-refractivity contribution in [2.45, 2.75) is 39.2 Å². The molecule has 0 bridgehead atoms. The van der Waals surface area contributed by atoms with E-state index in [-0.39, 0.29) is 34.5 Å². The smallest absolute Gasteiger partial charge is 0.404 e. The number of nitrogens with zero attached hydrogens (tertiary/aromatic N) is 3. The van der Waals surface area contributed by atoms with Crippen LogP contribution in [0.15, 0.2) is 24.4 Å². The minimum Gasteiger partial charge on any atom is -0.465 e. The maximum absolute atomic E-state index is 14.6. The first-order valence-corrected chi connectivity index (χ1v) is 13.1. The van der Waals surface area contributed by atoms with Crippen molar-refractivity contribution in [3.05, 3.63) is 41.1 Å². The molecule has 5 N–H and O–H groups in total. The van der Waals surface area contributed by atoms with Crippen molar-refractivity contribution in [2.75, 3.05) is 22.8 Å². The highest BCUT2D eigenvalue weighted by atomic mass is 35.5. The zero-order chi connectivity index (χ0) is 26.8. The molecule has 1 unspecified atom stereocenters. The highest BCUT2D eigenvalue weighted by Gasteiger charge is 2.26. The molecule has 2 heterocycles. The molecular formula is C22H27ClFN7O4S. The monoisotopic (exact) mass is 539 g/mol. The number of carboxylic acid groups (broad SMARTS) is 1. The number of hydrogen-bond acceptors (Lipinski definition) is 7. The summed E-state index contributed by atoms with van der Waals surface area (Å²) in [6.07, 6.45) is 1.30. The molecule has 0 saturated heterocycles. The number of aromatic amines is 1. The molecule has 0 aliphatic heterocycles. The molecule has 11 nitrogen and oxygen atoms in total. The van der Waals surface area contributed by atoms with Crippen molar-refractivity contribution in [2.24, 2.45) is 0 Å². The van der Waals surface area contributed by atoms with E-state index in [2.05, 4.69) is 35.3 Å². The molecule has 3 aromatic rings. The molecule has 0 aliphatic rings. The number of aromatic nitrogens is 4. The van der Waals surface area contributed by atoms with Gasteiger partial charge in [0, 0.05) is 29.8 Å². The van der Waals surface area contributed by atoms with Crippen molar-refractivity contribution in [1.29, 1.82) is 0 Å². The van der Waals surface area contributed by atoms with Gasteiger partial charge in [0.15, 0.2) is 0 Å². The molecular weight excluding hydrogens is 513 g/mol. The minimum absolute atomic E-state index is 0.0315. The van der Waals surface area contributed by atoms with Crippen LogP contribution in [-0.2, 0) is 15.4 Å². The summed E-state index contributed by atoms with van der Waals surface area (Å²) in [6, 6.07) is 3.37. The number of H-pyrrole nitrogens is 1. The van der Waals surface area contributed by atoms with Crippen molar-refractivity contribution in [3.8, 4) is 22.6 Å². The molecule has 3 rings (SSSR count). The Morgan fingerprint density at radius 1 is 1.28 bits per heavy atom. The summed E-state index contributed by atoms with van der Waals surface area (Å²) < 4.78 is 40.3. The van der Waals surface area contributed by atoms with Crippen LogP contribution in [0.1, 0.15) is 33.5 Å². The Labute approximate surface area is 213 Å². The van der Waals surface area contributed by atoms with Crippen molar-refractivity contribution in [3.63, 3.8) is 0 Å². The van der Waals surface area contributed by atoms with Gasteiger partial charge in [-0.2, -0.15) is 0 Å². The molecule has 0 aliphatic carbocycles. The van der Waals surface area contributed by atoms with Gasteiger partial charge in [0.1, 0.15) is 11.6 Å². The van der Waals surface area contributed by atoms with E-state index < -0.39 is 33.4 Å². The molecule has 194 valence electrons. The number of rotatable bonds is 8. The number of nitrogens with one attached hydrogen (secondary N) is 4. The van der Waals surface area contributed by atoms with Crippen molar-refractivity contribution < 1.29 is 22.7 Å². The maximum atomic E-state index is 14.6. The Morgan fingerprint density at radius 2 is 1.97 bits per heavy atom. The number of sulfonamides is 1. The first-order valence-electron chi connectivity index (χ1n) is 10.8. The average Bonchev–Trinajstić information content (AvgIpc) is 3.19. The highest BCUT2D eigenvalue weighted by Crippen LogP contribution is 2.40. The zero-order valence-electron chi connectivity index (χ0n) is 20.3. The second-order valence-corrected chi connectivity index (χ2v) is 11.4. The van der Waals surface area contributed by atoms with Gasteiger partial charge >= 0.3 is 6.09 Å². The van der Waals surface area contributed by atoms with E-state index in [0.29, 0.717) is 17.2 Å². The summed E-state index contributed by atoms with van der Waals surface area (Å²) in [5, 5.41) is 14.1. The molecule has 2 aromatic heterocycles. The molecule has 36 heavy (non-hydrogen) atoms. The van der Waals surface area contributed by atoms with Crippen LogP contribution in [0.25, 0.3) is 22.6 Å². The van der Waals surface area contributed by atoms with Gasteiger partial charge in [-0.3, -0.25) is 4.72 Å². The van der Waals surface area contributed by atoms with Crippen LogP contribution in [0.3, 0.4) is 0 Å². The van der Waals surface area contributed by atoms with Crippen LogP contribution in [0.5, 0.6) is 0 Å². The van der Waals surface area contributed by atoms with Gasteiger partial charge in [0.05, 0.1) is 34.0 Å². The lowest BCUT2D eigenvalue weighted by Crippen LogP contribution is -2.36. The van der Waals surface area contributed by atoms with E-state index in [9.17, 15) is 17.6 Å². The van der Waals surface area contributed by atoms with Gasteiger partial charge in [0.25, 0.3) is 0 Å². The first kappa shape index (κ1) is 27.1. The van der Waals surface area contributed by atoms with Crippen LogP contribution >= 0.6 is 11.6 Å². The standard InChI is InChI=1S/C22H27ClFN7O4S/c1-11(27-21(32)33)10-26-20-25-7-6-14(28-20)18-17(29-19(30-18)22(2,3)4)13-8-12(24)9-15(16(13)23)31-36(5,34)35/h6-9,11,27,31H,10H2,1-5H3,(H,29,30)(H,32,33)(H,25,26,28).